The quantitative estimate of drug-likeness (QED) is 0.724. The number of allylic oxidation sites excluding steroid dienone is 1. The highest BCUT2D eigenvalue weighted by Gasteiger charge is 2.47. The molecule has 0 saturated heterocycles. The molecule has 1 aromatic rings. The van der Waals surface area contributed by atoms with Gasteiger partial charge < -0.3 is 4.74 Å². The predicted octanol–water partition coefficient (Wildman–Crippen LogP) is 4.97. The summed E-state index contributed by atoms with van der Waals surface area (Å²) in [6, 6.07) is 7.40. The van der Waals surface area contributed by atoms with Crippen molar-refractivity contribution in [2.24, 2.45) is 5.92 Å². The van der Waals surface area contributed by atoms with Gasteiger partial charge >= 0.3 is 0 Å². The molecule has 0 aromatic heterocycles. The summed E-state index contributed by atoms with van der Waals surface area (Å²) in [4.78, 5) is 2.62. The molecule has 2 unspecified atom stereocenters. The summed E-state index contributed by atoms with van der Waals surface area (Å²) < 4.78 is 5.55. The molecule has 24 heavy (non-hydrogen) atoms. The van der Waals surface area contributed by atoms with E-state index in [2.05, 4.69) is 57.0 Å². The van der Waals surface area contributed by atoms with Crippen LogP contribution in [0.5, 0.6) is 5.75 Å². The van der Waals surface area contributed by atoms with Gasteiger partial charge in [-0.1, -0.05) is 37.5 Å². The van der Waals surface area contributed by atoms with Gasteiger partial charge in [0.1, 0.15) is 5.75 Å². The lowest BCUT2D eigenvalue weighted by Gasteiger charge is -2.50. The molecule has 2 nitrogen and oxygen atoms in total. The number of methoxy groups -OCH3 is 1. The highest BCUT2D eigenvalue weighted by atomic mass is 16.5. The van der Waals surface area contributed by atoms with E-state index in [0.717, 1.165) is 18.2 Å². The van der Waals surface area contributed by atoms with Crippen LogP contribution in [-0.2, 0) is 11.8 Å². The lowest BCUT2D eigenvalue weighted by molar-refractivity contribution is 0.0965. The zero-order chi connectivity index (χ0) is 17.3. The molecule has 2 aliphatic carbocycles. The standard InChI is InChI=1S/C22H33NO/c1-16(2)11-13-23(4)21-18-8-6-7-12-22(21,3)20-15-19(24-5)10-9-17(20)14-18/h9-11,15,18,21H,6-8,12-14H2,1-5H3/t18?,21?,22-/m1/s1. The lowest BCUT2D eigenvalue weighted by Crippen LogP contribution is -2.54. The largest absolute Gasteiger partial charge is 0.497 e. The van der Waals surface area contributed by atoms with Gasteiger partial charge in [0.15, 0.2) is 0 Å². The number of fused-ring (bicyclic) bond motifs is 4. The number of nitrogens with zero attached hydrogens (tertiary/aromatic N) is 1. The summed E-state index contributed by atoms with van der Waals surface area (Å²) in [6.45, 7) is 7.96. The first-order valence-corrected chi connectivity index (χ1v) is 9.46. The van der Waals surface area contributed by atoms with Crippen molar-refractivity contribution in [3.63, 3.8) is 0 Å². The summed E-state index contributed by atoms with van der Waals surface area (Å²) in [5.41, 5.74) is 4.73. The smallest absolute Gasteiger partial charge is 0.119 e. The predicted molar refractivity (Wildman–Crippen MR) is 102 cm³/mol. The average molecular weight is 328 g/mol. The Morgan fingerprint density at radius 3 is 2.83 bits per heavy atom. The minimum absolute atomic E-state index is 0.230. The Labute approximate surface area is 147 Å². The van der Waals surface area contributed by atoms with E-state index < -0.39 is 0 Å². The van der Waals surface area contributed by atoms with Gasteiger partial charge in [-0.2, -0.15) is 0 Å². The molecule has 132 valence electrons. The van der Waals surface area contributed by atoms with E-state index in [9.17, 15) is 0 Å². The van der Waals surface area contributed by atoms with Crippen molar-refractivity contribution in [1.29, 1.82) is 0 Å². The molecule has 0 heterocycles. The average Bonchev–Trinajstić information content (AvgIpc) is 2.68. The number of hydrogen-bond acceptors (Lipinski definition) is 2. The van der Waals surface area contributed by atoms with Crippen LogP contribution < -0.4 is 4.74 Å². The molecular formula is C22H33NO. The van der Waals surface area contributed by atoms with Gasteiger partial charge in [-0.25, -0.2) is 0 Å². The Kier molecular flexibility index (Phi) is 5.05. The van der Waals surface area contributed by atoms with E-state index in [-0.39, 0.29) is 5.41 Å². The number of hydrogen-bond donors (Lipinski definition) is 0. The third kappa shape index (κ3) is 3.13. The van der Waals surface area contributed by atoms with Crippen LogP contribution >= 0.6 is 0 Å². The Bertz CT molecular complexity index is 616. The van der Waals surface area contributed by atoms with E-state index in [1.54, 1.807) is 12.7 Å². The third-order valence-electron chi connectivity index (χ3n) is 6.30. The molecule has 0 amide bonds. The normalized spacial score (nSPS) is 28.9. The molecule has 2 bridgehead atoms. The molecule has 3 atom stereocenters. The molecular weight excluding hydrogens is 294 g/mol. The van der Waals surface area contributed by atoms with Crippen LogP contribution in [0, 0.1) is 5.92 Å². The van der Waals surface area contributed by atoms with Crippen molar-refractivity contribution in [2.75, 3.05) is 20.7 Å². The summed E-state index contributed by atoms with van der Waals surface area (Å²) in [5, 5.41) is 0. The summed E-state index contributed by atoms with van der Waals surface area (Å²) in [6.07, 6.45) is 8.96. The molecule has 0 radical (unpaired) electrons. The Morgan fingerprint density at radius 1 is 1.33 bits per heavy atom. The van der Waals surface area contributed by atoms with Gasteiger partial charge in [0.25, 0.3) is 0 Å². The first kappa shape index (κ1) is 17.5. The van der Waals surface area contributed by atoms with E-state index in [4.69, 9.17) is 4.74 Å². The highest BCUT2D eigenvalue weighted by molar-refractivity contribution is 5.44. The molecule has 1 aromatic carbocycles. The molecule has 2 aliphatic rings. The lowest BCUT2D eigenvalue weighted by atomic mass is 9.62. The molecule has 2 heteroatoms. The Hall–Kier alpha value is -1.28. The van der Waals surface area contributed by atoms with Crippen molar-refractivity contribution in [3.8, 4) is 5.75 Å². The van der Waals surface area contributed by atoms with Crippen molar-refractivity contribution >= 4 is 0 Å². The molecule has 0 aliphatic heterocycles. The van der Waals surface area contributed by atoms with E-state index in [1.807, 2.05) is 0 Å². The van der Waals surface area contributed by atoms with Crippen molar-refractivity contribution < 1.29 is 4.74 Å². The molecule has 1 fully saturated rings. The monoisotopic (exact) mass is 327 g/mol. The molecule has 1 saturated carbocycles. The zero-order valence-electron chi connectivity index (χ0n) is 16.1. The van der Waals surface area contributed by atoms with Gasteiger partial charge in [-0.3, -0.25) is 4.90 Å². The van der Waals surface area contributed by atoms with Crippen LogP contribution in [0.2, 0.25) is 0 Å². The van der Waals surface area contributed by atoms with Crippen molar-refractivity contribution in [1.82, 2.24) is 4.90 Å². The summed E-state index contributed by atoms with van der Waals surface area (Å²) >= 11 is 0. The van der Waals surface area contributed by atoms with E-state index in [1.165, 1.54) is 43.2 Å². The first-order chi connectivity index (χ1) is 11.5. The van der Waals surface area contributed by atoms with Crippen LogP contribution in [0.1, 0.15) is 57.6 Å². The topological polar surface area (TPSA) is 12.5 Å². The van der Waals surface area contributed by atoms with Gasteiger partial charge in [-0.15, -0.1) is 0 Å². The van der Waals surface area contributed by atoms with Crippen LogP contribution in [0.15, 0.2) is 29.8 Å². The fourth-order valence-corrected chi connectivity index (χ4v) is 5.19. The maximum atomic E-state index is 5.55. The number of rotatable bonds is 4. The first-order valence-electron chi connectivity index (χ1n) is 9.46. The minimum atomic E-state index is 0.230. The number of benzene rings is 1. The van der Waals surface area contributed by atoms with Gasteiger partial charge in [0, 0.05) is 18.0 Å². The van der Waals surface area contributed by atoms with Gasteiger partial charge in [-0.05, 0) is 69.3 Å². The Morgan fingerprint density at radius 2 is 2.12 bits per heavy atom. The Balaban J connectivity index is 2.03. The second kappa shape index (κ2) is 6.92. The van der Waals surface area contributed by atoms with Crippen LogP contribution in [0.25, 0.3) is 0 Å². The van der Waals surface area contributed by atoms with E-state index >= 15 is 0 Å². The highest BCUT2D eigenvalue weighted by Crippen LogP contribution is 2.49. The minimum Gasteiger partial charge on any atom is -0.497 e. The molecule has 0 spiro atoms. The fraction of sp³-hybridized carbons (Fsp3) is 0.636. The number of likely N-dealkylation sites (N-methyl/N-ethyl adjacent to an activating group) is 1. The second-order valence-corrected chi connectivity index (χ2v) is 8.32. The van der Waals surface area contributed by atoms with Gasteiger partial charge in [0.2, 0.25) is 0 Å². The van der Waals surface area contributed by atoms with Crippen molar-refractivity contribution in [3.05, 3.63) is 41.0 Å². The molecule has 0 N–H and O–H groups in total. The van der Waals surface area contributed by atoms with Crippen molar-refractivity contribution in [2.45, 2.75) is 64.3 Å². The van der Waals surface area contributed by atoms with Crippen LogP contribution in [-0.4, -0.2) is 31.6 Å². The third-order valence-corrected chi connectivity index (χ3v) is 6.30. The maximum absolute atomic E-state index is 5.55. The summed E-state index contributed by atoms with van der Waals surface area (Å²) in [7, 11) is 4.10. The summed E-state index contributed by atoms with van der Waals surface area (Å²) in [5.74, 6) is 1.78. The fourth-order valence-electron chi connectivity index (χ4n) is 5.19. The van der Waals surface area contributed by atoms with Crippen LogP contribution in [0.4, 0.5) is 0 Å². The molecule has 3 rings (SSSR count). The van der Waals surface area contributed by atoms with Gasteiger partial charge in [0.05, 0.1) is 7.11 Å². The SMILES string of the molecule is COc1ccc2c(c1)[C@@]1(C)CCCCC(C2)C1N(C)CC=C(C)C. The zero-order valence-corrected chi connectivity index (χ0v) is 16.1. The maximum Gasteiger partial charge on any atom is 0.119 e. The van der Waals surface area contributed by atoms with E-state index in [0.29, 0.717) is 6.04 Å². The number of ether oxygens (including phenoxy) is 1. The second-order valence-electron chi connectivity index (χ2n) is 8.32. The van der Waals surface area contributed by atoms with Crippen LogP contribution in [0.3, 0.4) is 0 Å².